The van der Waals surface area contributed by atoms with Crippen LogP contribution in [0.4, 0.5) is 32.8 Å². The average Bonchev–Trinajstić information content (AvgIpc) is 2.97. The summed E-state index contributed by atoms with van der Waals surface area (Å²) in [6.45, 7) is 1.27. The highest BCUT2D eigenvalue weighted by Gasteiger charge is 2.35. The van der Waals surface area contributed by atoms with Gasteiger partial charge in [-0.25, -0.2) is 27.2 Å². The molecule has 0 fully saturated rings. The fourth-order valence-corrected chi connectivity index (χ4v) is 5.14. The summed E-state index contributed by atoms with van der Waals surface area (Å²) in [6.07, 6.45) is -1.19. The molecule has 0 unspecified atom stereocenters. The van der Waals surface area contributed by atoms with Crippen molar-refractivity contribution in [1.29, 1.82) is 0 Å². The van der Waals surface area contributed by atoms with Gasteiger partial charge >= 0.3 is 12.1 Å². The lowest BCUT2D eigenvalue weighted by Gasteiger charge is -2.40. The number of nitrogens with zero attached hydrogens (tertiary/aromatic N) is 3. The Hall–Kier alpha value is -4.36. The highest BCUT2D eigenvalue weighted by atomic mass is 35.5. The van der Waals surface area contributed by atoms with E-state index in [1.165, 1.54) is 28.0 Å². The third-order valence-corrected chi connectivity index (χ3v) is 8.00. The van der Waals surface area contributed by atoms with Gasteiger partial charge in [0.05, 0.1) is 29.8 Å². The number of halogens is 5. The van der Waals surface area contributed by atoms with Crippen molar-refractivity contribution >= 4 is 35.3 Å². The molecule has 1 atom stereocenters. The number of urea groups is 1. The van der Waals surface area contributed by atoms with Crippen molar-refractivity contribution in [2.75, 3.05) is 32.1 Å². The number of rotatable bonds is 10. The van der Waals surface area contributed by atoms with Crippen LogP contribution in [0.1, 0.15) is 45.6 Å². The minimum absolute atomic E-state index is 0.0446. The van der Waals surface area contributed by atoms with Crippen molar-refractivity contribution in [3.63, 3.8) is 0 Å². The second-order valence-corrected chi connectivity index (χ2v) is 10.6. The first-order chi connectivity index (χ1) is 20.8. The summed E-state index contributed by atoms with van der Waals surface area (Å²) in [7, 11) is 3.24. The summed E-state index contributed by atoms with van der Waals surface area (Å²) in [5.74, 6) is -4.85. The molecule has 44 heavy (non-hydrogen) atoms. The van der Waals surface area contributed by atoms with Crippen LogP contribution in [0.2, 0.25) is 5.02 Å². The Balaban J connectivity index is 1.65. The van der Waals surface area contributed by atoms with Crippen LogP contribution in [0.25, 0.3) is 0 Å². The van der Waals surface area contributed by atoms with E-state index in [1.807, 2.05) is 0 Å². The summed E-state index contributed by atoms with van der Waals surface area (Å²) in [5, 5.41) is 14.8. The van der Waals surface area contributed by atoms with Crippen molar-refractivity contribution in [3.8, 4) is 0 Å². The van der Waals surface area contributed by atoms with Gasteiger partial charge in [0.25, 0.3) is 5.91 Å². The predicted molar refractivity (Wildman–Crippen MR) is 155 cm³/mol. The van der Waals surface area contributed by atoms with Crippen LogP contribution in [0.5, 0.6) is 0 Å². The zero-order valence-electron chi connectivity index (χ0n) is 24.1. The van der Waals surface area contributed by atoms with E-state index >= 15 is 4.39 Å². The van der Waals surface area contributed by atoms with E-state index in [9.17, 15) is 32.7 Å². The molecule has 1 heterocycles. The van der Waals surface area contributed by atoms with Gasteiger partial charge < -0.3 is 25.5 Å². The van der Waals surface area contributed by atoms with Crippen molar-refractivity contribution in [1.82, 2.24) is 20.4 Å². The lowest BCUT2D eigenvalue weighted by Crippen LogP contribution is -2.46. The second kappa shape index (κ2) is 13.5. The lowest BCUT2D eigenvalue weighted by molar-refractivity contribution is 0.0950. The SMILES string of the molecule is CNCCN(Cc1ccc(F)c(CN2C(=O)N(C)[C@@H](C)c3ccc(C(=O)NCc4c(F)cc(F)cc4F)cc32)c1Cl)C(=O)O. The van der Waals surface area contributed by atoms with Gasteiger partial charge in [0.1, 0.15) is 23.3 Å². The van der Waals surface area contributed by atoms with Crippen LogP contribution in [0.15, 0.2) is 42.5 Å². The molecule has 1 aliphatic heterocycles. The monoisotopic (exact) mass is 635 g/mol. The Labute approximate surface area is 256 Å². The highest BCUT2D eigenvalue weighted by molar-refractivity contribution is 6.32. The Morgan fingerprint density at radius 3 is 2.34 bits per heavy atom. The molecule has 1 aliphatic rings. The number of carboxylic acid groups (broad SMARTS) is 1. The van der Waals surface area contributed by atoms with E-state index < -0.39 is 59.5 Å². The first-order valence-electron chi connectivity index (χ1n) is 13.5. The summed E-state index contributed by atoms with van der Waals surface area (Å²) in [5.41, 5.74) is 0.722. The van der Waals surface area contributed by atoms with Crippen LogP contribution in [-0.2, 0) is 19.6 Å². The minimum atomic E-state index is -1.19. The van der Waals surface area contributed by atoms with Crippen LogP contribution in [0.3, 0.4) is 0 Å². The number of hydrogen-bond acceptors (Lipinski definition) is 4. The van der Waals surface area contributed by atoms with Gasteiger partial charge in [-0.15, -0.1) is 0 Å². The van der Waals surface area contributed by atoms with E-state index in [-0.39, 0.29) is 41.5 Å². The zero-order valence-corrected chi connectivity index (χ0v) is 24.8. The summed E-state index contributed by atoms with van der Waals surface area (Å²) in [6, 6.07) is 7.10. The summed E-state index contributed by atoms with van der Waals surface area (Å²) >= 11 is 6.60. The molecule has 0 saturated carbocycles. The third kappa shape index (κ3) is 6.73. The molecule has 3 N–H and O–H groups in total. The molecule has 0 bridgehead atoms. The number of likely N-dealkylation sites (N-methyl/N-ethyl adjacent to an activating group) is 1. The summed E-state index contributed by atoms with van der Waals surface area (Å²) in [4.78, 5) is 42.0. The lowest BCUT2D eigenvalue weighted by atomic mass is 9.98. The van der Waals surface area contributed by atoms with Gasteiger partial charge in [0.2, 0.25) is 0 Å². The molecule has 0 spiro atoms. The van der Waals surface area contributed by atoms with E-state index in [0.717, 1.165) is 11.0 Å². The maximum Gasteiger partial charge on any atom is 0.407 e. The predicted octanol–water partition coefficient (Wildman–Crippen LogP) is 5.66. The topological polar surface area (TPSA) is 105 Å². The Bertz CT molecular complexity index is 1580. The molecule has 0 radical (unpaired) electrons. The van der Waals surface area contributed by atoms with Crippen LogP contribution >= 0.6 is 11.6 Å². The van der Waals surface area contributed by atoms with Crippen molar-refractivity contribution < 1.29 is 37.1 Å². The van der Waals surface area contributed by atoms with Gasteiger partial charge in [-0.05, 0) is 43.3 Å². The number of fused-ring (bicyclic) bond motifs is 1. The first kappa shape index (κ1) is 32.6. The number of carbonyl (C=O) groups is 3. The molecule has 234 valence electrons. The molecular weight excluding hydrogens is 606 g/mol. The fraction of sp³-hybridized carbons (Fsp3) is 0.300. The number of carbonyl (C=O) groups excluding carboxylic acids is 2. The van der Waals surface area contributed by atoms with Gasteiger partial charge in [-0.2, -0.15) is 0 Å². The molecule has 3 aromatic rings. The van der Waals surface area contributed by atoms with Crippen molar-refractivity contribution in [2.45, 2.75) is 32.6 Å². The highest BCUT2D eigenvalue weighted by Crippen LogP contribution is 2.38. The smallest absolute Gasteiger partial charge is 0.407 e. The Morgan fingerprint density at radius 1 is 1.02 bits per heavy atom. The third-order valence-electron chi connectivity index (χ3n) is 7.52. The van der Waals surface area contributed by atoms with Crippen molar-refractivity contribution in [2.24, 2.45) is 0 Å². The van der Waals surface area contributed by atoms with E-state index in [2.05, 4.69) is 10.6 Å². The first-order valence-corrected chi connectivity index (χ1v) is 13.9. The molecule has 0 aliphatic carbocycles. The van der Waals surface area contributed by atoms with Gasteiger partial charge in [0, 0.05) is 55.5 Å². The summed E-state index contributed by atoms with van der Waals surface area (Å²) < 4.78 is 56.6. The maximum atomic E-state index is 15.2. The minimum Gasteiger partial charge on any atom is -0.465 e. The van der Waals surface area contributed by atoms with E-state index in [4.69, 9.17) is 11.6 Å². The molecule has 0 aromatic heterocycles. The fourth-order valence-electron chi connectivity index (χ4n) is 4.87. The molecule has 4 amide bonds. The zero-order chi connectivity index (χ0) is 32.3. The average molecular weight is 636 g/mol. The van der Waals surface area contributed by atoms with Crippen LogP contribution < -0.4 is 15.5 Å². The number of amides is 4. The van der Waals surface area contributed by atoms with Crippen molar-refractivity contribution in [3.05, 3.63) is 98.6 Å². The molecule has 4 rings (SSSR count). The van der Waals surface area contributed by atoms with Crippen LogP contribution in [0, 0.1) is 23.3 Å². The molecule has 14 heteroatoms. The number of nitrogens with one attached hydrogen (secondary N) is 2. The Morgan fingerprint density at radius 2 is 1.70 bits per heavy atom. The number of anilines is 1. The largest absolute Gasteiger partial charge is 0.465 e. The standard InChI is InChI=1S/C30H30ClF4N5O4/c1-16-20-6-4-17(28(41)37-13-21-24(34)11-19(32)12-25(21)35)10-26(20)40(29(42)38(16)3)15-22-23(33)7-5-18(27(22)31)14-39(30(43)44)9-8-36-2/h4-7,10-12,16,36H,8-9,13-15H2,1-3H3,(H,37,41)(H,43,44)/t16-/m0/s1. The molecule has 3 aromatic carbocycles. The molecule has 9 nitrogen and oxygen atoms in total. The van der Waals surface area contributed by atoms with Gasteiger partial charge in [-0.3, -0.25) is 9.69 Å². The van der Waals surface area contributed by atoms with E-state index in [0.29, 0.717) is 29.8 Å². The van der Waals surface area contributed by atoms with Crippen LogP contribution in [-0.4, -0.2) is 60.1 Å². The Kier molecular flexibility index (Phi) is 10.00. The van der Waals surface area contributed by atoms with E-state index in [1.54, 1.807) is 27.1 Å². The normalized spacial score (nSPS) is 14.5. The second-order valence-electron chi connectivity index (χ2n) is 10.3. The number of benzene rings is 3. The van der Waals surface area contributed by atoms with Gasteiger partial charge in [0.15, 0.2) is 0 Å². The van der Waals surface area contributed by atoms with Gasteiger partial charge in [-0.1, -0.05) is 23.7 Å². The molecular formula is C30H30ClF4N5O4. The maximum absolute atomic E-state index is 15.2. The quantitative estimate of drug-likeness (QED) is 0.250. The number of hydrogen-bond donors (Lipinski definition) is 3. The molecule has 0 saturated heterocycles.